The van der Waals surface area contributed by atoms with E-state index < -0.39 is 21.4 Å². The molecular formula is C26H33F3O3S. The number of alkyl halides is 3. The zero-order valence-corrected chi connectivity index (χ0v) is 20.5. The van der Waals surface area contributed by atoms with Gasteiger partial charge in [-0.2, -0.15) is 21.6 Å². The van der Waals surface area contributed by atoms with E-state index >= 15 is 0 Å². The molecule has 0 heterocycles. The lowest BCUT2D eigenvalue weighted by Crippen LogP contribution is -2.28. The second-order valence-corrected chi connectivity index (χ2v) is 9.00. The molecule has 7 heteroatoms. The summed E-state index contributed by atoms with van der Waals surface area (Å²) in [6.07, 6.45) is 12.2. The van der Waals surface area contributed by atoms with Crippen molar-refractivity contribution in [1.82, 2.24) is 0 Å². The summed E-state index contributed by atoms with van der Waals surface area (Å²) in [5, 5.41) is 0. The minimum absolute atomic E-state index is 0.0537. The van der Waals surface area contributed by atoms with Crippen LogP contribution in [0.3, 0.4) is 0 Å². The van der Waals surface area contributed by atoms with Crippen molar-refractivity contribution in [1.29, 1.82) is 0 Å². The zero-order chi connectivity index (χ0) is 25.2. The van der Waals surface area contributed by atoms with Crippen LogP contribution in [0.15, 0.2) is 84.5 Å². The van der Waals surface area contributed by atoms with E-state index in [1.807, 2.05) is 19.9 Å². The van der Waals surface area contributed by atoms with Crippen molar-refractivity contribution in [2.45, 2.75) is 58.4 Å². The van der Waals surface area contributed by atoms with Gasteiger partial charge in [-0.3, -0.25) is 0 Å². The average molecular weight is 483 g/mol. The topological polar surface area (TPSA) is 43.4 Å². The van der Waals surface area contributed by atoms with Gasteiger partial charge in [0.25, 0.3) is 0 Å². The normalized spacial score (nSPS) is 15.4. The van der Waals surface area contributed by atoms with Gasteiger partial charge in [-0.1, -0.05) is 82.0 Å². The van der Waals surface area contributed by atoms with E-state index in [1.165, 1.54) is 12.1 Å². The Kier molecular flexibility index (Phi) is 10.9. The van der Waals surface area contributed by atoms with Gasteiger partial charge in [-0.25, -0.2) is 0 Å². The van der Waals surface area contributed by atoms with Gasteiger partial charge >= 0.3 is 15.6 Å². The van der Waals surface area contributed by atoms with Crippen molar-refractivity contribution < 1.29 is 25.8 Å². The summed E-state index contributed by atoms with van der Waals surface area (Å²) < 4.78 is 65.0. The number of hydrogen-bond donors (Lipinski definition) is 0. The highest BCUT2D eigenvalue weighted by Gasteiger charge is 2.48. The minimum Gasteiger partial charge on any atom is -0.376 e. The highest BCUT2D eigenvalue weighted by molar-refractivity contribution is 7.88. The molecule has 0 aliphatic rings. The van der Waals surface area contributed by atoms with Gasteiger partial charge in [0.2, 0.25) is 0 Å². The molecule has 0 amide bonds. The minimum atomic E-state index is -5.73. The molecule has 1 aromatic rings. The summed E-state index contributed by atoms with van der Waals surface area (Å²) in [6, 6.07) is 5.70. The summed E-state index contributed by atoms with van der Waals surface area (Å²) in [7, 11) is -5.73. The molecule has 0 saturated carbocycles. The van der Waals surface area contributed by atoms with Gasteiger partial charge in [-0.15, -0.1) is 0 Å². The molecule has 0 saturated heterocycles. The Morgan fingerprint density at radius 3 is 2.18 bits per heavy atom. The fraction of sp³-hybridized carbons (Fsp3) is 0.385. The van der Waals surface area contributed by atoms with Crippen LogP contribution in [0.1, 0.15) is 58.4 Å². The lowest BCUT2D eigenvalue weighted by molar-refractivity contribution is -0.0500. The SMILES string of the molecule is C=C/C=C(\C(=C)CC)C(c1ccc(OS(=O)(=O)C(F)(F)F)cc1)C(CC)C(/C=C\CC)=C/C. The number of allylic oxidation sites excluding steroid dienone is 8. The molecule has 33 heavy (non-hydrogen) atoms. The van der Waals surface area contributed by atoms with Crippen LogP contribution < -0.4 is 4.18 Å². The van der Waals surface area contributed by atoms with E-state index in [0.717, 1.165) is 35.1 Å². The van der Waals surface area contributed by atoms with E-state index in [0.29, 0.717) is 6.42 Å². The second kappa shape index (κ2) is 12.6. The van der Waals surface area contributed by atoms with E-state index in [1.54, 1.807) is 18.2 Å². The Hall–Kier alpha value is -2.54. The van der Waals surface area contributed by atoms with Crippen molar-refractivity contribution >= 4 is 10.1 Å². The second-order valence-electron chi connectivity index (χ2n) is 7.46. The molecule has 3 nitrogen and oxygen atoms in total. The first-order valence-electron chi connectivity index (χ1n) is 10.9. The lowest BCUT2D eigenvalue weighted by atomic mass is 9.72. The van der Waals surface area contributed by atoms with E-state index in [9.17, 15) is 21.6 Å². The van der Waals surface area contributed by atoms with Crippen LogP contribution >= 0.6 is 0 Å². The molecule has 0 radical (unpaired) electrons. The molecule has 182 valence electrons. The molecular weight excluding hydrogens is 449 g/mol. The Labute approximate surface area is 196 Å². The van der Waals surface area contributed by atoms with E-state index in [2.05, 4.69) is 49.4 Å². The molecule has 0 aromatic heterocycles. The number of halogens is 3. The monoisotopic (exact) mass is 482 g/mol. The molecule has 1 aromatic carbocycles. The largest absolute Gasteiger partial charge is 0.534 e. The smallest absolute Gasteiger partial charge is 0.376 e. The fourth-order valence-electron chi connectivity index (χ4n) is 3.66. The van der Waals surface area contributed by atoms with Crippen LogP contribution in [-0.2, 0) is 10.1 Å². The van der Waals surface area contributed by atoms with Crippen LogP contribution in [0.5, 0.6) is 5.75 Å². The summed E-state index contributed by atoms with van der Waals surface area (Å²) in [6.45, 7) is 16.2. The molecule has 0 N–H and O–H groups in total. The van der Waals surface area contributed by atoms with Crippen molar-refractivity contribution in [3.05, 3.63) is 90.1 Å². The maximum Gasteiger partial charge on any atom is 0.534 e. The third-order valence-electron chi connectivity index (χ3n) is 5.35. The number of benzene rings is 1. The maximum atomic E-state index is 12.7. The van der Waals surface area contributed by atoms with Crippen molar-refractivity contribution in [2.75, 3.05) is 0 Å². The van der Waals surface area contributed by atoms with Gasteiger partial charge in [0, 0.05) is 5.92 Å². The molecule has 0 fully saturated rings. The first kappa shape index (κ1) is 28.5. The third-order valence-corrected chi connectivity index (χ3v) is 6.32. The van der Waals surface area contributed by atoms with Crippen LogP contribution in [0.2, 0.25) is 0 Å². The summed E-state index contributed by atoms with van der Waals surface area (Å²) in [5.74, 6) is -0.511. The molecule has 1 rings (SSSR count). The van der Waals surface area contributed by atoms with E-state index in [-0.39, 0.29) is 11.8 Å². The van der Waals surface area contributed by atoms with Crippen LogP contribution in [-0.4, -0.2) is 13.9 Å². The van der Waals surface area contributed by atoms with Gasteiger partial charge < -0.3 is 4.18 Å². The predicted octanol–water partition coefficient (Wildman–Crippen LogP) is 8.02. The standard InChI is InChI=1S/C26H33F3O3S/c1-7-12-14-20(10-4)23(11-5)25(24(13-8-2)19(6)9-3)21-15-17-22(18-16-21)32-33(30,31)26(27,28)29/h8,10,12-18,23,25H,2,6-7,9,11H2,1,3-5H3/b14-12-,20-10+,24-13+. The fourth-order valence-corrected chi connectivity index (χ4v) is 4.12. The molecule has 0 bridgehead atoms. The Morgan fingerprint density at radius 2 is 1.76 bits per heavy atom. The van der Waals surface area contributed by atoms with Gasteiger partial charge in [0.1, 0.15) is 5.75 Å². The van der Waals surface area contributed by atoms with Crippen LogP contribution in [0, 0.1) is 5.92 Å². The van der Waals surface area contributed by atoms with Crippen LogP contribution in [0.25, 0.3) is 0 Å². The van der Waals surface area contributed by atoms with Gasteiger partial charge in [0.15, 0.2) is 0 Å². The first-order chi connectivity index (χ1) is 15.5. The quantitative estimate of drug-likeness (QED) is 0.172. The lowest BCUT2D eigenvalue weighted by Gasteiger charge is -2.31. The predicted molar refractivity (Wildman–Crippen MR) is 129 cm³/mol. The highest BCUT2D eigenvalue weighted by atomic mass is 32.2. The Morgan fingerprint density at radius 1 is 1.15 bits per heavy atom. The van der Waals surface area contributed by atoms with Crippen LogP contribution in [0.4, 0.5) is 13.2 Å². The van der Waals surface area contributed by atoms with Crippen molar-refractivity contribution in [3.63, 3.8) is 0 Å². The van der Waals surface area contributed by atoms with Crippen molar-refractivity contribution in [3.8, 4) is 5.75 Å². The average Bonchev–Trinajstić information content (AvgIpc) is 2.77. The molecule has 0 spiro atoms. The number of hydrogen-bond acceptors (Lipinski definition) is 3. The van der Waals surface area contributed by atoms with Gasteiger partial charge in [-0.05, 0) is 60.9 Å². The first-order valence-corrected chi connectivity index (χ1v) is 12.3. The molecule has 0 aliphatic heterocycles. The van der Waals surface area contributed by atoms with Gasteiger partial charge in [0.05, 0.1) is 0 Å². The Bertz CT molecular complexity index is 998. The van der Waals surface area contributed by atoms with Crippen molar-refractivity contribution in [2.24, 2.45) is 5.92 Å². The molecule has 0 aliphatic carbocycles. The maximum absolute atomic E-state index is 12.7. The number of rotatable bonds is 12. The highest BCUT2D eigenvalue weighted by Crippen LogP contribution is 2.42. The molecule has 2 unspecified atom stereocenters. The third kappa shape index (κ3) is 7.49. The molecule has 2 atom stereocenters. The summed E-state index contributed by atoms with van der Waals surface area (Å²) in [4.78, 5) is 0. The van der Waals surface area contributed by atoms with E-state index in [4.69, 9.17) is 0 Å². The zero-order valence-electron chi connectivity index (χ0n) is 19.7. The summed E-state index contributed by atoms with van der Waals surface area (Å²) in [5.41, 5.74) is -1.66. The Balaban J connectivity index is 3.60. The summed E-state index contributed by atoms with van der Waals surface area (Å²) >= 11 is 0.